The lowest BCUT2D eigenvalue weighted by atomic mass is 9.85. The van der Waals surface area contributed by atoms with Gasteiger partial charge >= 0.3 is 0 Å². The average molecular weight is 247 g/mol. The van der Waals surface area contributed by atoms with Crippen molar-refractivity contribution >= 4 is 22.5 Å². The summed E-state index contributed by atoms with van der Waals surface area (Å²) in [6.45, 7) is 3.90. The molecular weight excluding hydrogens is 232 g/mol. The van der Waals surface area contributed by atoms with Crippen molar-refractivity contribution in [2.45, 2.75) is 25.2 Å². The van der Waals surface area contributed by atoms with Gasteiger partial charge in [0.15, 0.2) is 0 Å². The van der Waals surface area contributed by atoms with Crippen molar-refractivity contribution in [3.63, 3.8) is 0 Å². The first-order valence-corrected chi connectivity index (χ1v) is 6.29. The number of hydrogen-bond donors (Lipinski definition) is 2. The number of aryl methyl sites for hydroxylation is 1. The zero-order valence-electron chi connectivity index (χ0n) is 9.59. The molecule has 1 aliphatic carbocycles. The van der Waals surface area contributed by atoms with E-state index in [-0.39, 0.29) is 5.92 Å². The molecule has 0 aliphatic heterocycles. The van der Waals surface area contributed by atoms with Crippen LogP contribution in [0.3, 0.4) is 0 Å². The van der Waals surface area contributed by atoms with Gasteiger partial charge in [0.25, 0.3) is 0 Å². The number of hydrogen-bond acceptors (Lipinski definition) is 1. The molecule has 1 aromatic heterocycles. The average Bonchev–Trinajstić information content (AvgIpc) is 2.66. The van der Waals surface area contributed by atoms with Gasteiger partial charge in [0.05, 0.1) is 0 Å². The molecule has 3 heteroatoms. The Morgan fingerprint density at radius 3 is 3.06 bits per heavy atom. The number of H-pyrrole nitrogens is 1. The number of nitrogens with one attached hydrogen (secondary N) is 1. The summed E-state index contributed by atoms with van der Waals surface area (Å²) in [5, 5.41) is 2.02. The monoisotopic (exact) mass is 246 g/mol. The highest BCUT2D eigenvalue weighted by molar-refractivity contribution is 6.31. The molecule has 17 heavy (non-hydrogen) atoms. The topological polar surface area (TPSA) is 41.8 Å². The number of aromatic amines is 1. The lowest BCUT2D eigenvalue weighted by Gasteiger charge is -2.22. The molecule has 1 heterocycles. The summed E-state index contributed by atoms with van der Waals surface area (Å²) in [5.74, 6) is 0.268. The zero-order valence-corrected chi connectivity index (χ0v) is 10.3. The molecule has 2 nitrogen and oxygen atoms in total. The molecule has 1 aromatic carbocycles. The minimum atomic E-state index is 0.268. The van der Waals surface area contributed by atoms with Crippen molar-refractivity contribution in [1.29, 1.82) is 0 Å². The minimum absolute atomic E-state index is 0.268. The molecule has 88 valence electrons. The number of halogens is 1. The number of rotatable bonds is 1. The molecule has 0 fully saturated rings. The van der Waals surface area contributed by atoms with E-state index in [9.17, 15) is 0 Å². The Balaban J connectivity index is 2.25. The largest absolute Gasteiger partial charge is 0.402 e. The standard InChI is InChI=1S/C14H15ClN2/c1-8(16)10-3-2-4-11-12-7-9(15)5-6-13(12)17-14(10)11/h5-7,10,17H,1-4,16H2. The fraction of sp³-hybridized carbons (Fsp3) is 0.286. The summed E-state index contributed by atoms with van der Waals surface area (Å²) in [4.78, 5) is 3.48. The van der Waals surface area contributed by atoms with Crippen LogP contribution >= 0.6 is 11.6 Å². The van der Waals surface area contributed by atoms with Gasteiger partial charge in [-0.2, -0.15) is 0 Å². The highest BCUT2D eigenvalue weighted by Gasteiger charge is 2.25. The maximum atomic E-state index is 6.06. The van der Waals surface area contributed by atoms with E-state index in [2.05, 4.69) is 11.6 Å². The van der Waals surface area contributed by atoms with Crippen LogP contribution < -0.4 is 5.73 Å². The van der Waals surface area contributed by atoms with Crippen LogP contribution in [0.15, 0.2) is 30.5 Å². The summed E-state index contributed by atoms with van der Waals surface area (Å²) in [5.41, 5.74) is 10.4. The smallest absolute Gasteiger partial charge is 0.0460 e. The number of aromatic nitrogens is 1. The maximum absolute atomic E-state index is 6.06. The quantitative estimate of drug-likeness (QED) is 0.791. The number of fused-ring (bicyclic) bond motifs is 3. The molecule has 1 aliphatic rings. The fourth-order valence-corrected chi connectivity index (χ4v) is 2.98. The molecule has 0 spiro atoms. The van der Waals surface area contributed by atoms with Crippen molar-refractivity contribution in [1.82, 2.24) is 4.98 Å². The first kappa shape index (κ1) is 10.7. The minimum Gasteiger partial charge on any atom is -0.402 e. The lowest BCUT2D eigenvalue weighted by Crippen LogP contribution is -2.15. The first-order valence-electron chi connectivity index (χ1n) is 5.91. The van der Waals surface area contributed by atoms with Gasteiger partial charge in [-0.1, -0.05) is 18.2 Å². The molecule has 3 N–H and O–H groups in total. The van der Waals surface area contributed by atoms with Gasteiger partial charge < -0.3 is 10.7 Å². The van der Waals surface area contributed by atoms with Crippen LogP contribution in [-0.2, 0) is 6.42 Å². The second-order valence-corrected chi connectivity index (χ2v) is 5.16. The van der Waals surface area contributed by atoms with E-state index >= 15 is 0 Å². The van der Waals surface area contributed by atoms with Gasteiger partial charge in [-0.05, 0) is 43.0 Å². The molecule has 1 atom stereocenters. The van der Waals surface area contributed by atoms with Gasteiger partial charge in [0.1, 0.15) is 0 Å². The Bertz CT molecular complexity index is 598. The van der Waals surface area contributed by atoms with Gasteiger partial charge in [0.2, 0.25) is 0 Å². The van der Waals surface area contributed by atoms with Crippen molar-refractivity contribution in [2.24, 2.45) is 5.73 Å². The predicted octanol–water partition coefficient (Wildman–Crippen LogP) is 3.71. The van der Waals surface area contributed by atoms with E-state index in [1.807, 2.05) is 18.2 Å². The van der Waals surface area contributed by atoms with Gasteiger partial charge in [0, 0.05) is 33.2 Å². The second-order valence-electron chi connectivity index (χ2n) is 4.73. The van der Waals surface area contributed by atoms with Crippen LogP contribution in [-0.4, -0.2) is 4.98 Å². The summed E-state index contributed by atoms with van der Waals surface area (Å²) >= 11 is 6.06. The third-order valence-corrected chi connectivity index (χ3v) is 3.85. The molecule has 3 rings (SSSR count). The Morgan fingerprint density at radius 1 is 1.47 bits per heavy atom. The van der Waals surface area contributed by atoms with E-state index in [0.717, 1.165) is 35.5 Å². The molecule has 0 radical (unpaired) electrons. The predicted molar refractivity (Wildman–Crippen MR) is 72.3 cm³/mol. The number of nitrogens with two attached hydrogens (primary N) is 1. The van der Waals surface area contributed by atoms with Crippen LogP contribution in [0.2, 0.25) is 5.02 Å². The van der Waals surface area contributed by atoms with E-state index in [4.69, 9.17) is 17.3 Å². The molecule has 0 saturated heterocycles. The summed E-state index contributed by atoms with van der Waals surface area (Å²) in [6.07, 6.45) is 3.34. The first-order chi connectivity index (χ1) is 8.16. The van der Waals surface area contributed by atoms with E-state index in [0.29, 0.717) is 0 Å². The second kappa shape index (κ2) is 3.81. The van der Waals surface area contributed by atoms with Crippen LogP contribution in [0.25, 0.3) is 10.9 Å². The third kappa shape index (κ3) is 1.64. The van der Waals surface area contributed by atoms with Crippen molar-refractivity contribution in [2.75, 3.05) is 0 Å². The summed E-state index contributed by atoms with van der Waals surface area (Å²) < 4.78 is 0. The molecular formula is C14H15ClN2. The molecule has 0 bridgehead atoms. The van der Waals surface area contributed by atoms with E-state index in [1.165, 1.54) is 16.6 Å². The highest BCUT2D eigenvalue weighted by atomic mass is 35.5. The summed E-state index contributed by atoms with van der Waals surface area (Å²) in [6, 6.07) is 5.98. The fourth-order valence-electron chi connectivity index (χ4n) is 2.81. The molecule has 2 aromatic rings. The van der Waals surface area contributed by atoms with Crippen LogP contribution in [0.4, 0.5) is 0 Å². The van der Waals surface area contributed by atoms with Crippen molar-refractivity contribution < 1.29 is 0 Å². The number of benzene rings is 1. The Morgan fingerprint density at radius 2 is 2.29 bits per heavy atom. The van der Waals surface area contributed by atoms with Gasteiger partial charge in [-0.25, -0.2) is 0 Å². The van der Waals surface area contributed by atoms with Gasteiger partial charge in [-0.3, -0.25) is 0 Å². The summed E-state index contributed by atoms with van der Waals surface area (Å²) in [7, 11) is 0. The third-order valence-electron chi connectivity index (χ3n) is 3.62. The molecule has 0 amide bonds. The van der Waals surface area contributed by atoms with Crippen molar-refractivity contribution in [3.8, 4) is 0 Å². The van der Waals surface area contributed by atoms with Crippen molar-refractivity contribution in [3.05, 3.63) is 46.8 Å². The molecule has 0 saturated carbocycles. The van der Waals surface area contributed by atoms with Gasteiger partial charge in [-0.15, -0.1) is 0 Å². The zero-order chi connectivity index (χ0) is 12.0. The van der Waals surface area contributed by atoms with Crippen LogP contribution in [0, 0.1) is 0 Å². The normalized spacial score (nSPS) is 19.2. The Hall–Kier alpha value is -1.41. The lowest BCUT2D eigenvalue weighted by molar-refractivity contribution is 0.597. The Kier molecular flexibility index (Phi) is 2.40. The maximum Gasteiger partial charge on any atom is 0.0460 e. The Labute approximate surface area is 105 Å². The van der Waals surface area contributed by atoms with Crippen LogP contribution in [0.1, 0.15) is 30.0 Å². The number of allylic oxidation sites excluding steroid dienone is 1. The van der Waals surface area contributed by atoms with E-state index < -0.39 is 0 Å². The highest BCUT2D eigenvalue weighted by Crippen LogP contribution is 2.38. The molecule has 1 unspecified atom stereocenters. The SMILES string of the molecule is C=C(N)C1CCCc2c1[nH]c1ccc(Cl)cc21. The van der Waals surface area contributed by atoms with Crippen LogP contribution in [0.5, 0.6) is 0 Å². The van der Waals surface area contributed by atoms with E-state index in [1.54, 1.807) is 0 Å².